The average Bonchev–Trinajstić information content (AvgIpc) is 2.71. The van der Waals surface area contributed by atoms with E-state index in [0.717, 1.165) is 12.0 Å². The van der Waals surface area contributed by atoms with Crippen molar-refractivity contribution in [1.82, 2.24) is 0 Å². The number of likely N-dealkylation sites (N-methyl/N-ethyl adjacent to an activating group) is 1. The zero-order valence-electron chi connectivity index (χ0n) is 16.9. The molecule has 2 aromatic carbocycles. The van der Waals surface area contributed by atoms with Gasteiger partial charge >= 0.3 is 0 Å². The molecule has 2 nitrogen and oxygen atoms in total. The van der Waals surface area contributed by atoms with Gasteiger partial charge in [0.15, 0.2) is 0 Å². The minimum absolute atomic E-state index is 0. The maximum atomic E-state index is 10.2. The summed E-state index contributed by atoms with van der Waals surface area (Å²) in [5, 5.41) is 10.2. The number of piperidine rings is 1. The van der Waals surface area contributed by atoms with Crippen molar-refractivity contribution in [1.29, 1.82) is 0 Å². The van der Waals surface area contributed by atoms with Gasteiger partial charge < -0.3 is 26.6 Å². The number of likely N-dealkylation sites (tertiary alicyclic amines) is 1. The molecule has 0 spiro atoms. The summed E-state index contributed by atoms with van der Waals surface area (Å²) >= 11 is 0. The maximum absolute atomic E-state index is 10.2. The molecule has 3 unspecified atom stereocenters. The predicted octanol–water partition coefficient (Wildman–Crippen LogP) is 1.84. The first-order valence-corrected chi connectivity index (χ1v) is 10.8. The van der Waals surface area contributed by atoms with Gasteiger partial charge in [-0.3, -0.25) is 0 Å². The lowest BCUT2D eigenvalue weighted by atomic mass is 9.52. The zero-order chi connectivity index (χ0) is 18.5. The predicted molar refractivity (Wildman–Crippen MR) is 110 cm³/mol. The molecule has 1 saturated heterocycles. The van der Waals surface area contributed by atoms with Crippen LogP contribution in [0.15, 0.2) is 48.5 Å². The first-order chi connectivity index (χ1) is 13.1. The lowest BCUT2D eigenvalue weighted by Gasteiger charge is -2.61. The lowest BCUT2D eigenvalue weighted by Crippen LogP contribution is -3.00. The van der Waals surface area contributed by atoms with Crippen LogP contribution in [-0.2, 0) is 18.3 Å². The van der Waals surface area contributed by atoms with Crippen LogP contribution in [0.1, 0.15) is 48.8 Å². The van der Waals surface area contributed by atoms with Crippen molar-refractivity contribution >= 4 is 0 Å². The number of phenols is 1. The van der Waals surface area contributed by atoms with Crippen molar-refractivity contribution in [2.45, 2.75) is 56.4 Å². The van der Waals surface area contributed by atoms with Crippen LogP contribution in [0.5, 0.6) is 5.75 Å². The van der Waals surface area contributed by atoms with Gasteiger partial charge in [0.25, 0.3) is 0 Å². The Hall–Kier alpha value is -1.32. The first-order valence-electron chi connectivity index (χ1n) is 10.8. The molecule has 150 valence electrons. The Kier molecular flexibility index (Phi) is 5.35. The largest absolute Gasteiger partial charge is 1.00 e. The number of phenolic OH excluding ortho intramolecular Hbond substituents is 1. The molecule has 4 atom stereocenters. The van der Waals surface area contributed by atoms with Gasteiger partial charge in [0.2, 0.25) is 0 Å². The van der Waals surface area contributed by atoms with E-state index in [1.807, 2.05) is 6.07 Å². The van der Waals surface area contributed by atoms with E-state index in [1.54, 1.807) is 0 Å². The molecule has 0 radical (unpaired) electrons. The van der Waals surface area contributed by atoms with Crippen LogP contribution in [0.4, 0.5) is 0 Å². The summed E-state index contributed by atoms with van der Waals surface area (Å²) in [4.78, 5) is 0. The highest BCUT2D eigenvalue weighted by molar-refractivity contribution is 5.44. The van der Waals surface area contributed by atoms with Gasteiger partial charge in [-0.2, -0.15) is 0 Å². The number of aromatic hydroxyl groups is 1. The van der Waals surface area contributed by atoms with E-state index in [0.29, 0.717) is 11.2 Å². The molecular weight excluding hydrogens is 410 g/mol. The Labute approximate surface area is 179 Å². The second kappa shape index (κ2) is 7.50. The summed E-state index contributed by atoms with van der Waals surface area (Å²) in [5.41, 5.74) is 4.82. The smallest absolute Gasteiger partial charge is 0.115 e. The van der Waals surface area contributed by atoms with E-state index in [-0.39, 0.29) is 17.0 Å². The Bertz CT molecular complexity index is 838. The molecule has 1 saturated carbocycles. The second-order valence-electron chi connectivity index (χ2n) is 9.53. The lowest BCUT2D eigenvalue weighted by molar-refractivity contribution is -0.945. The van der Waals surface area contributed by atoms with Crippen LogP contribution in [0.2, 0.25) is 0 Å². The SMILES string of the molecule is C[N+]1(CCc2ccccc2)CCC23CCCC[C@H]2C1Cc1ccc(O)cc13.[Br-]. The van der Waals surface area contributed by atoms with Gasteiger partial charge in [-0.15, -0.1) is 0 Å². The van der Waals surface area contributed by atoms with Crippen LogP contribution >= 0.6 is 0 Å². The van der Waals surface area contributed by atoms with E-state index in [9.17, 15) is 5.11 Å². The number of hydrogen-bond donors (Lipinski definition) is 1. The van der Waals surface area contributed by atoms with Gasteiger partial charge in [-0.25, -0.2) is 0 Å². The number of halogens is 1. The summed E-state index contributed by atoms with van der Waals surface area (Å²) in [6.45, 7) is 2.53. The van der Waals surface area contributed by atoms with Crippen molar-refractivity contribution in [3.63, 3.8) is 0 Å². The van der Waals surface area contributed by atoms with E-state index in [1.165, 1.54) is 79.2 Å². The molecule has 1 N–H and O–H groups in total. The fourth-order valence-corrected chi connectivity index (χ4v) is 6.76. The Morgan fingerprint density at radius 1 is 1.07 bits per heavy atom. The van der Waals surface area contributed by atoms with Gasteiger partial charge in [-0.1, -0.05) is 49.2 Å². The normalized spacial score (nSPS) is 33.3. The quantitative estimate of drug-likeness (QED) is 0.720. The molecule has 3 aliphatic rings. The zero-order valence-corrected chi connectivity index (χ0v) is 18.5. The molecule has 2 aromatic rings. The van der Waals surface area contributed by atoms with E-state index in [2.05, 4.69) is 49.5 Å². The van der Waals surface area contributed by atoms with Crippen molar-refractivity contribution in [3.8, 4) is 5.75 Å². The first kappa shape index (κ1) is 20.0. The van der Waals surface area contributed by atoms with E-state index in [4.69, 9.17) is 0 Å². The molecular formula is C25H32BrNO. The fraction of sp³-hybridized carbons (Fsp3) is 0.520. The summed E-state index contributed by atoms with van der Waals surface area (Å²) in [6, 6.07) is 18.0. The molecule has 0 aromatic heterocycles. The third-order valence-corrected chi connectivity index (χ3v) is 8.24. The number of hydrogen-bond acceptors (Lipinski definition) is 1. The van der Waals surface area contributed by atoms with Gasteiger partial charge in [0.05, 0.1) is 26.2 Å². The number of fused-ring (bicyclic) bond motifs is 1. The van der Waals surface area contributed by atoms with Gasteiger partial charge in [0.1, 0.15) is 5.75 Å². The standard InChI is InChI=1S/C25H31NO.BrH/c1-26(15-12-19-7-3-2-4-8-19)16-14-25-13-6-5-9-22(25)24(26)17-20-10-11-21(27)18-23(20)25;/h2-4,7-8,10-11,18,22,24H,5-6,9,12-17H2,1H3;1H/t22-,24?,25?,26?;/m0./s1. The Balaban J connectivity index is 0.00000192. The van der Waals surface area contributed by atoms with Crippen LogP contribution in [-0.4, -0.2) is 35.8 Å². The molecule has 2 bridgehead atoms. The Morgan fingerprint density at radius 3 is 2.71 bits per heavy atom. The maximum Gasteiger partial charge on any atom is 0.115 e. The second-order valence-corrected chi connectivity index (χ2v) is 9.53. The summed E-state index contributed by atoms with van der Waals surface area (Å²) < 4.78 is 1.22. The topological polar surface area (TPSA) is 20.2 Å². The van der Waals surface area contributed by atoms with E-state index < -0.39 is 0 Å². The van der Waals surface area contributed by atoms with E-state index >= 15 is 0 Å². The van der Waals surface area contributed by atoms with Crippen molar-refractivity contribution < 1.29 is 26.6 Å². The molecule has 0 amide bonds. The number of rotatable bonds is 3. The number of quaternary nitrogens is 1. The molecule has 1 heterocycles. The Morgan fingerprint density at radius 2 is 1.89 bits per heavy atom. The highest BCUT2D eigenvalue weighted by atomic mass is 79.9. The summed E-state index contributed by atoms with van der Waals surface area (Å²) in [7, 11) is 2.53. The summed E-state index contributed by atoms with van der Waals surface area (Å²) in [6.07, 6.45) is 9.09. The molecule has 2 aliphatic carbocycles. The highest BCUT2D eigenvalue weighted by Crippen LogP contribution is 2.57. The average molecular weight is 442 g/mol. The monoisotopic (exact) mass is 441 g/mol. The minimum Gasteiger partial charge on any atom is -1.00 e. The molecule has 3 heteroatoms. The van der Waals surface area contributed by atoms with Gasteiger partial charge in [0, 0.05) is 30.6 Å². The van der Waals surface area contributed by atoms with Crippen molar-refractivity contribution in [3.05, 3.63) is 65.2 Å². The van der Waals surface area contributed by atoms with Crippen molar-refractivity contribution in [2.24, 2.45) is 5.92 Å². The third kappa shape index (κ3) is 3.11. The number of benzene rings is 2. The molecule has 28 heavy (non-hydrogen) atoms. The molecule has 2 fully saturated rings. The highest BCUT2D eigenvalue weighted by Gasteiger charge is 2.58. The molecule has 1 aliphatic heterocycles. The van der Waals surface area contributed by atoms with Crippen LogP contribution in [0, 0.1) is 5.92 Å². The van der Waals surface area contributed by atoms with Crippen LogP contribution in [0.25, 0.3) is 0 Å². The third-order valence-electron chi connectivity index (χ3n) is 8.24. The molecule has 5 rings (SSSR count). The van der Waals surface area contributed by atoms with Crippen LogP contribution in [0.3, 0.4) is 0 Å². The summed E-state index contributed by atoms with van der Waals surface area (Å²) in [5.74, 6) is 1.24. The fourth-order valence-electron chi connectivity index (χ4n) is 6.76. The number of nitrogens with zero attached hydrogens (tertiary/aromatic N) is 1. The van der Waals surface area contributed by atoms with Crippen molar-refractivity contribution in [2.75, 3.05) is 20.1 Å². The minimum atomic E-state index is 0. The van der Waals surface area contributed by atoms with Gasteiger partial charge in [-0.05, 0) is 41.7 Å². The van der Waals surface area contributed by atoms with Crippen LogP contribution < -0.4 is 17.0 Å².